The molecule has 0 amide bonds. The molecule has 1 rings (SSSR count). The Labute approximate surface area is 170 Å². The molecule has 2 N–H and O–H groups in total. The van der Waals surface area contributed by atoms with E-state index in [4.69, 9.17) is 0 Å². The molecule has 2 heteroatoms. The highest BCUT2D eigenvalue weighted by atomic mass is 16.0. The predicted octanol–water partition coefficient (Wildman–Crippen LogP) is 6.74. The fourth-order valence-electron chi connectivity index (χ4n) is 3.76. The second kappa shape index (κ2) is 18.5. The van der Waals surface area contributed by atoms with E-state index in [1.807, 2.05) is 0 Å². The monoisotopic (exact) mass is 377 g/mol. The van der Waals surface area contributed by atoms with Gasteiger partial charge in [-0.1, -0.05) is 101 Å². The Bertz CT molecular complexity index is 430. The fraction of sp³-hybridized carbons (Fsp3) is 0.760. The van der Waals surface area contributed by atoms with E-state index in [0.29, 0.717) is 0 Å². The fourth-order valence-corrected chi connectivity index (χ4v) is 3.76. The van der Waals surface area contributed by atoms with Crippen molar-refractivity contribution in [3.8, 4) is 0 Å². The molecule has 0 radical (unpaired) electrons. The minimum Gasteiger partial charge on any atom is -0.412 e. The molecule has 1 aromatic rings. The minimum absolute atomic E-state index is 0. The van der Waals surface area contributed by atoms with E-state index in [0.717, 1.165) is 0 Å². The van der Waals surface area contributed by atoms with E-state index in [9.17, 15) is 0 Å². The van der Waals surface area contributed by atoms with Crippen LogP contribution in [0, 0.1) is 6.92 Å². The first-order chi connectivity index (χ1) is 12.7. The Hall–Kier alpha value is -0.860. The molecule has 0 bridgehead atoms. The van der Waals surface area contributed by atoms with E-state index < -0.39 is 0 Å². The smallest absolute Gasteiger partial charge is 0.00248 e. The van der Waals surface area contributed by atoms with Gasteiger partial charge < -0.3 is 10.4 Å². The normalized spacial score (nSPS) is 11.0. The highest BCUT2D eigenvalue weighted by Gasteiger charge is 1.98. The molecule has 2 nitrogen and oxygen atoms in total. The third-order valence-electron chi connectivity index (χ3n) is 5.56. The molecule has 0 fully saturated rings. The number of unbranched alkanes of at least 4 members (excludes halogenated alkanes) is 13. The molecule has 0 aliphatic heterocycles. The Balaban J connectivity index is 0.00000676. The van der Waals surface area contributed by atoms with Gasteiger partial charge in [0.15, 0.2) is 0 Å². The minimum atomic E-state index is 0. The van der Waals surface area contributed by atoms with E-state index in [-0.39, 0.29) is 5.48 Å². The maximum absolute atomic E-state index is 2.30. The van der Waals surface area contributed by atoms with Crippen LogP contribution in [0.2, 0.25) is 0 Å². The molecule has 0 aliphatic carbocycles. The highest BCUT2D eigenvalue weighted by Crippen LogP contribution is 2.15. The topological polar surface area (TPSA) is 34.7 Å². The molecule has 0 atom stereocenters. The van der Waals surface area contributed by atoms with Crippen molar-refractivity contribution >= 4 is 0 Å². The molecule has 158 valence electrons. The molecular weight excluding hydrogens is 330 g/mol. The average Bonchev–Trinajstić information content (AvgIpc) is 2.62. The van der Waals surface area contributed by atoms with Crippen molar-refractivity contribution in [2.45, 2.75) is 103 Å². The maximum Gasteiger partial charge on any atom is -0.00248 e. The second-order valence-electron chi connectivity index (χ2n) is 8.43. The zero-order chi connectivity index (χ0) is 18.9. The Morgan fingerprint density at radius 1 is 0.593 bits per heavy atom. The lowest BCUT2D eigenvalue weighted by Crippen LogP contribution is -2.12. The number of hydrogen-bond acceptors (Lipinski definition) is 1. The summed E-state index contributed by atoms with van der Waals surface area (Å²) in [5.41, 5.74) is 3.01. The number of hydrogen-bond donors (Lipinski definition) is 0. The third kappa shape index (κ3) is 15.9. The molecular formula is C25H47NO. The van der Waals surface area contributed by atoms with Crippen LogP contribution in [0.5, 0.6) is 0 Å². The molecule has 27 heavy (non-hydrogen) atoms. The summed E-state index contributed by atoms with van der Waals surface area (Å²) >= 11 is 0. The van der Waals surface area contributed by atoms with Gasteiger partial charge in [-0.2, -0.15) is 0 Å². The van der Waals surface area contributed by atoms with Crippen molar-refractivity contribution in [1.82, 2.24) is 4.90 Å². The van der Waals surface area contributed by atoms with Gasteiger partial charge in [0.05, 0.1) is 0 Å². The maximum atomic E-state index is 2.30. The Morgan fingerprint density at radius 2 is 1.00 bits per heavy atom. The van der Waals surface area contributed by atoms with E-state index in [2.05, 4.69) is 50.2 Å². The third-order valence-corrected chi connectivity index (χ3v) is 5.56. The van der Waals surface area contributed by atoms with Crippen LogP contribution in [0.15, 0.2) is 24.3 Å². The predicted molar refractivity (Wildman–Crippen MR) is 122 cm³/mol. The van der Waals surface area contributed by atoms with E-state index in [1.165, 1.54) is 108 Å². The van der Waals surface area contributed by atoms with Crippen LogP contribution >= 0.6 is 0 Å². The summed E-state index contributed by atoms with van der Waals surface area (Å²) in [5.74, 6) is 0. The first-order valence-corrected chi connectivity index (χ1v) is 11.4. The Morgan fingerprint density at radius 3 is 1.44 bits per heavy atom. The van der Waals surface area contributed by atoms with Crippen molar-refractivity contribution in [2.75, 3.05) is 20.6 Å². The summed E-state index contributed by atoms with van der Waals surface area (Å²) in [5, 5.41) is 0. The van der Waals surface area contributed by atoms with E-state index >= 15 is 0 Å². The summed E-state index contributed by atoms with van der Waals surface area (Å²) in [6.45, 7) is 3.49. The molecule has 0 unspecified atom stereocenters. The molecule has 0 saturated heterocycles. The summed E-state index contributed by atoms with van der Waals surface area (Å²) in [7, 11) is 4.34. The van der Waals surface area contributed by atoms with Gasteiger partial charge in [0.2, 0.25) is 0 Å². The highest BCUT2D eigenvalue weighted by molar-refractivity contribution is 5.25. The number of aryl methyl sites for hydroxylation is 2. The van der Waals surface area contributed by atoms with Crippen LogP contribution in [-0.2, 0) is 6.42 Å². The standard InChI is InChI=1S/C25H45N.H2O/c1-24-20-17-18-22-25(24)21-16-14-12-10-8-6-4-5-7-9-11-13-15-19-23-26(2)3;/h17-18,20,22H,4-16,19,21,23H2,1-3H3;1H2. The first-order valence-electron chi connectivity index (χ1n) is 11.4. The lowest BCUT2D eigenvalue weighted by molar-refractivity contribution is 0.389. The zero-order valence-corrected chi connectivity index (χ0v) is 18.6. The Kier molecular flexibility index (Phi) is 17.9. The lowest BCUT2D eigenvalue weighted by Gasteiger charge is -2.08. The molecule has 0 aromatic heterocycles. The van der Waals surface area contributed by atoms with Crippen molar-refractivity contribution in [1.29, 1.82) is 0 Å². The molecule has 1 aromatic carbocycles. The summed E-state index contributed by atoms with van der Waals surface area (Å²) < 4.78 is 0. The summed E-state index contributed by atoms with van der Waals surface area (Å²) in [6.07, 6.45) is 21.3. The average molecular weight is 378 g/mol. The van der Waals surface area contributed by atoms with Gasteiger partial charge in [0.25, 0.3) is 0 Å². The number of benzene rings is 1. The zero-order valence-electron chi connectivity index (χ0n) is 18.6. The van der Waals surface area contributed by atoms with Crippen molar-refractivity contribution in [3.63, 3.8) is 0 Å². The first kappa shape index (κ1) is 26.1. The SMILES string of the molecule is Cc1ccccc1CCCCCCCCCCCCCCCCN(C)C.O. The van der Waals surface area contributed by atoms with Gasteiger partial charge in [0.1, 0.15) is 0 Å². The molecule has 0 spiro atoms. The second-order valence-corrected chi connectivity index (χ2v) is 8.43. The van der Waals surface area contributed by atoms with Crippen LogP contribution in [0.1, 0.15) is 101 Å². The largest absolute Gasteiger partial charge is 0.412 e. The van der Waals surface area contributed by atoms with Gasteiger partial charge >= 0.3 is 0 Å². The van der Waals surface area contributed by atoms with Crippen LogP contribution < -0.4 is 0 Å². The van der Waals surface area contributed by atoms with Gasteiger partial charge in [-0.05, 0) is 58.0 Å². The van der Waals surface area contributed by atoms with Crippen LogP contribution in [-0.4, -0.2) is 31.0 Å². The summed E-state index contributed by atoms with van der Waals surface area (Å²) in [4.78, 5) is 2.30. The van der Waals surface area contributed by atoms with Gasteiger partial charge in [-0.3, -0.25) is 0 Å². The van der Waals surface area contributed by atoms with Gasteiger partial charge in [-0.25, -0.2) is 0 Å². The van der Waals surface area contributed by atoms with Crippen LogP contribution in [0.25, 0.3) is 0 Å². The molecule has 0 aliphatic rings. The quantitative estimate of drug-likeness (QED) is 0.277. The van der Waals surface area contributed by atoms with E-state index in [1.54, 1.807) is 5.56 Å². The van der Waals surface area contributed by atoms with Crippen molar-refractivity contribution < 1.29 is 5.48 Å². The van der Waals surface area contributed by atoms with Crippen LogP contribution in [0.3, 0.4) is 0 Å². The van der Waals surface area contributed by atoms with Crippen molar-refractivity contribution in [2.24, 2.45) is 0 Å². The van der Waals surface area contributed by atoms with Crippen molar-refractivity contribution in [3.05, 3.63) is 35.4 Å². The number of rotatable bonds is 17. The summed E-state index contributed by atoms with van der Waals surface area (Å²) in [6, 6.07) is 8.85. The lowest BCUT2D eigenvalue weighted by atomic mass is 10.0. The van der Waals surface area contributed by atoms with Gasteiger partial charge in [-0.15, -0.1) is 0 Å². The molecule has 0 heterocycles. The number of nitrogens with zero attached hydrogens (tertiary/aromatic N) is 1. The van der Waals surface area contributed by atoms with Gasteiger partial charge in [0, 0.05) is 0 Å². The molecule has 0 saturated carbocycles. The van der Waals surface area contributed by atoms with Crippen LogP contribution in [0.4, 0.5) is 0 Å².